The summed E-state index contributed by atoms with van der Waals surface area (Å²) in [5.41, 5.74) is -0.280. The van der Waals surface area contributed by atoms with Crippen LogP contribution < -0.4 is 25.4 Å². The summed E-state index contributed by atoms with van der Waals surface area (Å²) >= 11 is 0. The number of hydrogen-bond donors (Lipinski definition) is 3. The topological polar surface area (TPSA) is 105 Å². The van der Waals surface area contributed by atoms with Gasteiger partial charge in [-0.15, -0.1) is 0 Å². The average Bonchev–Trinajstić information content (AvgIpc) is 3.43. The lowest BCUT2D eigenvalue weighted by Gasteiger charge is -2.20. The van der Waals surface area contributed by atoms with Gasteiger partial charge in [-0.3, -0.25) is 14.7 Å². The number of ether oxygens (including phenoxy) is 2. The van der Waals surface area contributed by atoms with Crippen molar-refractivity contribution in [2.24, 2.45) is 0 Å². The third-order valence-electron chi connectivity index (χ3n) is 6.20. The average molecular weight is 546 g/mol. The molecule has 1 aliphatic carbocycles. The molecule has 0 saturated carbocycles. The van der Waals surface area contributed by atoms with Crippen molar-refractivity contribution >= 4 is 17.6 Å². The number of aromatic nitrogens is 1. The Morgan fingerprint density at radius 2 is 1.92 bits per heavy atom. The van der Waals surface area contributed by atoms with E-state index in [2.05, 4.69) is 25.8 Å². The SMILES string of the molecule is CNC(=O)c1cc(OC2C=CC(NC(=O)Nc3ccc(OCCN4CCCC4)c(C(F)(F)F)c3)=CC2)ccn1. The van der Waals surface area contributed by atoms with Gasteiger partial charge in [0.1, 0.15) is 29.9 Å². The molecule has 1 fully saturated rings. The number of halogens is 3. The van der Waals surface area contributed by atoms with Gasteiger partial charge in [0, 0.05) is 43.7 Å². The molecule has 3 amide bonds. The van der Waals surface area contributed by atoms with Crippen LogP contribution in [0.3, 0.4) is 0 Å². The Morgan fingerprint density at radius 1 is 1.13 bits per heavy atom. The first-order valence-corrected chi connectivity index (χ1v) is 12.6. The molecular weight excluding hydrogens is 515 g/mol. The molecule has 2 heterocycles. The smallest absolute Gasteiger partial charge is 0.420 e. The molecule has 0 radical (unpaired) electrons. The number of hydrogen-bond acceptors (Lipinski definition) is 6. The molecule has 1 aliphatic heterocycles. The predicted octanol–water partition coefficient (Wildman–Crippen LogP) is 4.35. The number of allylic oxidation sites excluding steroid dienone is 1. The fourth-order valence-corrected chi connectivity index (χ4v) is 4.23. The summed E-state index contributed by atoms with van der Waals surface area (Å²) < 4.78 is 52.3. The van der Waals surface area contributed by atoms with Crippen molar-refractivity contribution in [2.75, 3.05) is 38.6 Å². The van der Waals surface area contributed by atoms with Crippen LogP contribution in [0, 0.1) is 0 Å². The number of benzene rings is 1. The van der Waals surface area contributed by atoms with Crippen molar-refractivity contribution in [1.82, 2.24) is 20.5 Å². The number of rotatable bonds is 9. The third-order valence-corrected chi connectivity index (χ3v) is 6.20. The van der Waals surface area contributed by atoms with Crippen molar-refractivity contribution in [3.05, 3.63) is 71.7 Å². The highest BCUT2D eigenvalue weighted by molar-refractivity contribution is 5.92. The van der Waals surface area contributed by atoms with E-state index >= 15 is 0 Å². The predicted molar refractivity (Wildman–Crippen MR) is 139 cm³/mol. The summed E-state index contributed by atoms with van der Waals surface area (Å²) in [6.45, 7) is 2.57. The molecule has 1 aromatic carbocycles. The summed E-state index contributed by atoms with van der Waals surface area (Å²) in [6, 6.07) is 5.92. The van der Waals surface area contributed by atoms with Crippen LogP contribution in [0.15, 0.2) is 60.5 Å². The molecule has 3 N–H and O–H groups in total. The number of alkyl halides is 3. The van der Waals surface area contributed by atoms with Gasteiger partial charge in [0.2, 0.25) is 0 Å². The van der Waals surface area contributed by atoms with Gasteiger partial charge in [0.05, 0.1) is 5.56 Å². The van der Waals surface area contributed by atoms with Gasteiger partial charge in [0.25, 0.3) is 5.91 Å². The van der Waals surface area contributed by atoms with Crippen molar-refractivity contribution in [3.8, 4) is 11.5 Å². The standard InChI is InChI=1S/C27H30F3N5O4/c1-31-25(36)23-17-21(10-11-32-23)39-20-7-4-18(5-8-20)33-26(37)34-19-6-9-24(22(16-19)27(28,29)30)38-15-14-35-12-2-3-13-35/h4-7,9-11,16-17,20H,2-3,8,12-15H2,1H3,(H,31,36)(H2,33,34,37). The second-order valence-corrected chi connectivity index (χ2v) is 9.05. The Bertz CT molecular complexity index is 1240. The molecule has 0 bridgehead atoms. The van der Waals surface area contributed by atoms with Crippen LogP contribution in [0.2, 0.25) is 0 Å². The highest BCUT2D eigenvalue weighted by Crippen LogP contribution is 2.38. The number of nitrogens with zero attached hydrogens (tertiary/aromatic N) is 2. The number of carbonyl (C=O) groups is 2. The van der Waals surface area contributed by atoms with Gasteiger partial charge in [-0.25, -0.2) is 4.79 Å². The quantitative estimate of drug-likeness (QED) is 0.433. The minimum absolute atomic E-state index is 0.0158. The van der Waals surface area contributed by atoms with Crippen LogP contribution in [0.5, 0.6) is 11.5 Å². The molecule has 39 heavy (non-hydrogen) atoms. The summed E-state index contributed by atoms with van der Waals surface area (Å²) in [5.74, 6) is -0.142. The summed E-state index contributed by atoms with van der Waals surface area (Å²) in [6.07, 6.45) is 4.17. The maximum Gasteiger partial charge on any atom is 0.420 e. The molecule has 1 saturated heterocycles. The second-order valence-electron chi connectivity index (χ2n) is 9.05. The fraction of sp³-hybridized carbons (Fsp3) is 0.370. The largest absolute Gasteiger partial charge is 0.492 e. The van der Waals surface area contributed by atoms with Crippen LogP contribution in [0.4, 0.5) is 23.7 Å². The first-order chi connectivity index (χ1) is 18.7. The lowest BCUT2D eigenvalue weighted by molar-refractivity contribution is -0.138. The number of anilines is 1. The molecule has 2 aliphatic rings. The zero-order valence-electron chi connectivity index (χ0n) is 21.4. The zero-order valence-corrected chi connectivity index (χ0v) is 21.4. The monoisotopic (exact) mass is 545 g/mol. The third kappa shape index (κ3) is 7.96. The van der Waals surface area contributed by atoms with Crippen LogP contribution in [0.25, 0.3) is 0 Å². The van der Waals surface area contributed by atoms with Gasteiger partial charge in [0.15, 0.2) is 0 Å². The van der Waals surface area contributed by atoms with Crippen molar-refractivity contribution < 1.29 is 32.2 Å². The van der Waals surface area contributed by atoms with Crippen LogP contribution in [-0.4, -0.2) is 61.2 Å². The maximum atomic E-state index is 13.7. The van der Waals surface area contributed by atoms with Crippen LogP contribution in [-0.2, 0) is 6.18 Å². The Morgan fingerprint density at radius 3 is 2.62 bits per heavy atom. The number of pyridine rings is 1. The molecule has 208 valence electrons. The maximum absolute atomic E-state index is 13.7. The van der Waals surface area contributed by atoms with E-state index in [1.54, 1.807) is 24.3 Å². The Kier molecular flexibility index (Phi) is 9.07. The lowest BCUT2D eigenvalue weighted by Crippen LogP contribution is -2.29. The minimum atomic E-state index is -4.64. The summed E-state index contributed by atoms with van der Waals surface area (Å²) in [7, 11) is 1.51. The van der Waals surface area contributed by atoms with Crippen molar-refractivity contribution in [2.45, 2.75) is 31.5 Å². The van der Waals surface area contributed by atoms with Crippen LogP contribution in [0.1, 0.15) is 35.3 Å². The van der Waals surface area contributed by atoms with E-state index < -0.39 is 17.8 Å². The molecular formula is C27H30F3N5O4. The van der Waals surface area contributed by atoms with E-state index in [1.807, 2.05) is 0 Å². The van der Waals surface area contributed by atoms with Gasteiger partial charge in [-0.2, -0.15) is 13.2 Å². The van der Waals surface area contributed by atoms with Crippen LogP contribution >= 0.6 is 0 Å². The number of amides is 3. The Balaban J connectivity index is 1.30. The van der Waals surface area contributed by atoms with E-state index in [9.17, 15) is 22.8 Å². The lowest BCUT2D eigenvalue weighted by atomic mass is 10.1. The Labute approximate surface area is 224 Å². The van der Waals surface area contributed by atoms with E-state index in [0.29, 0.717) is 24.4 Å². The number of likely N-dealkylation sites (tertiary alicyclic amines) is 1. The van der Waals surface area contributed by atoms with E-state index in [4.69, 9.17) is 9.47 Å². The van der Waals surface area contributed by atoms with Gasteiger partial charge >= 0.3 is 12.2 Å². The molecule has 0 spiro atoms. The fourth-order valence-electron chi connectivity index (χ4n) is 4.23. The normalized spacial score (nSPS) is 17.3. The number of urea groups is 1. The molecule has 1 aromatic heterocycles. The highest BCUT2D eigenvalue weighted by Gasteiger charge is 2.35. The summed E-state index contributed by atoms with van der Waals surface area (Å²) in [5, 5.41) is 7.54. The van der Waals surface area contributed by atoms with Gasteiger partial charge in [-0.1, -0.05) is 6.08 Å². The molecule has 12 heteroatoms. The minimum Gasteiger partial charge on any atom is -0.492 e. The van der Waals surface area contributed by atoms with E-state index in [1.165, 1.54) is 31.4 Å². The highest BCUT2D eigenvalue weighted by atomic mass is 19.4. The first kappa shape index (κ1) is 28.0. The van der Waals surface area contributed by atoms with Crippen molar-refractivity contribution in [1.29, 1.82) is 0 Å². The number of carbonyl (C=O) groups excluding carboxylic acids is 2. The first-order valence-electron chi connectivity index (χ1n) is 12.6. The van der Waals surface area contributed by atoms with Gasteiger partial charge in [-0.05, 0) is 62.3 Å². The molecule has 9 nitrogen and oxygen atoms in total. The molecule has 1 unspecified atom stereocenters. The van der Waals surface area contributed by atoms with E-state index in [-0.39, 0.29) is 35.7 Å². The van der Waals surface area contributed by atoms with Gasteiger partial charge < -0.3 is 25.4 Å². The van der Waals surface area contributed by atoms with Crippen molar-refractivity contribution in [3.63, 3.8) is 0 Å². The van der Waals surface area contributed by atoms with E-state index in [0.717, 1.165) is 32.0 Å². The molecule has 2 aromatic rings. The summed E-state index contributed by atoms with van der Waals surface area (Å²) in [4.78, 5) is 30.3. The molecule has 1 atom stereocenters. The number of nitrogens with one attached hydrogen (secondary N) is 3. The second kappa shape index (κ2) is 12.7. The Hall–Kier alpha value is -4.06. The molecule has 4 rings (SSSR count). The zero-order chi connectivity index (χ0) is 27.8.